The zero-order valence-corrected chi connectivity index (χ0v) is 17.0. The Labute approximate surface area is 177 Å². The molecule has 0 aliphatic carbocycles. The molecule has 148 valence electrons. The van der Waals surface area contributed by atoms with Gasteiger partial charge in [0, 0.05) is 28.0 Å². The number of halogens is 2. The van der Waals surface area contributed by atoms with Gasteiger partial charge in [-0.25, -0.2) is 9.36 Å². The second-order valence-electron chi connectivity index (χ2n) is 6.19. The third-order valence-corrected chi connectivity index (χ3v) is 4.44. The molecule has 4 aromatic rings. The average Bonchev–Trinajstić information content (AvgIpc) is 3.38. The summed E-state index contributed by atoms with van der Waals surface area (Å²) in [5.41, 5.74) is 3.06. The standard InChI is InChI=1S/C11H11ClN2O.C10H7ClN2O/c1-8(15)9-6-13-14(7-9)11-4-2-3-10(12)5-11;11-9-2-1-3-10(4-9)13-6-8(7-14)5-12-13/h2-8,15H,1H3;1-7H. The highest BCUT2D eigenvalue weighted by Crippen LogP contribution is 2.17. The van der Waals surface area contributed by atoms with Gasteiger partial charge in [0.2, 0.25) is 0 Å². The first-order valence-electron chi connectivity index (χ1n) is 8.70. The Bertz CT molecular complexity index is 1110. The number of hydrogen-bond acceptors (Lipinski definition) is 4. The van der Waals surface area contributed by atoms with E-state index in [-0.39, 0.29) is 0 Å². The molecule has 0 bridgehead atoms. The number of nitrogens with zero attached hydrogens (tertiary/aromatic N) is 4. The largest absolute Gasteiger partial charge is 0.389 e. The van der Waals surface area contributed by atoms with Crippen molar-refractivity contribution in [2.24, 2.45) is 0 Å². The highest BCUT2D eigenvalue weighted by atomic mass is 35.5. The fourth-order valence-corrected chi connectivity index (χ4v) is 2.84. The number of aliphatic hydroxyl groups excluding tert-OH is 1. The highest BCUT2D eigenvalue weighted by Gasteiger charge is 2.05. The van der Waals surface area contributed by atoms with Gasteiger partial charge >= 0.3 is 0 Å². The van der Waals surface area contributed by atoms with E-state index >= 15 is 0 Å². The molecule has 4 rings (SSSR count). The summed E-state index contributed by atoms with van der Waals surface area (Å²) in [6.07, 6.45) is 6.85. The molecule has 0 fully saturated rings. The van der Waals surface area contributed by atoms with Gasteiger partial charge in [0.05, 0.1) is 35.4 Å². The Balaban J connectivity index is 0.000000166. The van der Waals surface area contributed by atoms with E-state index in [9.17, 15) is 9.90 Å². The van der Waals surface area contributed by atoms with E-state index in [0.717, 1.165) is 23.2 Å². The van der Waals surface area contributed by atoms with Crippen LogP contribution in [0.3, 0.4) is 0 Å². The third kappa shape index (κ3) is 5.54. The van der Waals surface area contributed by atoms with Gasteiger partial charge in [-0.3, -0.25) is 4.79 Å². The zero-order chi connectivity index (χ0) is 20.8. The minimum atomic E-state index is -0.502. The summed E-state index contributed by atoms with van der Waals surface area (Å²) < 4.78 is 3.30. The second-order valence-corrected chi connectivity index (χ2v) is 7.06. The van der Waals surface area contributed by atoms with E-state index in [2.05, 4.69) is 10.2 Å². The number of carbonyl (C=O) groups is 1. The maximum atomic E-state index is 10.4. The summed E-state index contributed by atoms with van der Waals surface area (Å²) in [5, 5.41) is 18.8. The topological polar surface area (TPSA) is 72.9 Å². The van der Waals surface area contributed by atoms with Crippen LogP contribution < -0.4 is 0 Å². The molecule has 2 aromatic carbocycles. The molecule has 6 nitrogen and oxygen atoms in total. The molecule has 0 saturated heterocycles. The van der Waals surface area contributed by atoms with Crippen molar-refractivity contribution in [3.05, 3.63) is 94.5 Å². The molecule has 0 aliphatic heterocycles. The van der Waals surface area contributed by atoms with E-state index in [0.29, 0.717) is 15.6 Å². The smallest absolute Gasteiger partial charge is 0.153 e. The van der Waals surface area contributed by atoms with Gasteiger partial charge in [-0.05, 0) is 43.3 Å². The maximum Gasteiger partial charge on any atom is 0.153 e. The van der Waals surface area contributed by atoms with Crippen molar-refractivity contribution in [1.82, 2.24) is 19.6 Å². The Hall–Kier alpha value is -2.93. The van der Waals surface area contributed by atoms with Crippen molar-refractivity contribution >= 4 is 29.5 Å². The normalized spacial score (nSPS) is 11.4. The van der Waals surface area contributed by atoms with Gasteiger partial charge in [0.25, 0.3) is 0 Å². The zero-order valence-electron chi connectivity index (χ0n) is 15.5. The quantitative estimate of drug-likeness (QED) is 0.468. The van der Waals surface area contributed by atoms with Gasteiger partial charge in [-0.1, -0.05) is 35.3 Å². The average molecular weight is 429 g/mol. The number of benzene rings is 2. The van der Waals surface area contributed by atoms with Crippen LogP contribution in [0.5, 0.6) is 0 Å². The number of carbonyl (C=O) groups excluding carboxylic acids is 1. The summed E-state index contributed by atoms with van der Waals surface area (Å²) in [6, 6.07) is 14.7. The van der Waals surface area contributed by atoms with Crippen LogP contribution in [0.2, 0.25) is 10.0 Å². The molecule has 0 radical (unpaired) electrons. The van der Waals surface area contributed by atoms with Crippen LogP contribution >= 0.6 is 23.2 Å². The Kier molecular flexibility index (Phi) is 6.82. The van der Waals surface area contributed by atoms with E-state index < -0.39 is 6.10 Å². The van der Waals surface area contributed by atoms with E-state index in [1.54, 1.807) is 47.0 Å². The van der Waals surface area contributed by atoms with Crippen molar-refractivity contribution in [1.29, 1.82) is 0 Å². The van der Waals surface area contributed by atoms with Crippen LogP contribution in [-0.2, 0) is 0 Å². The van der Waals surface area contributed by atoms with Gasteiger partial charge in [-0.2, -0.15) is 10.2 Å². The Morgan fingerprint density at radius 3 is 1.93 bits per heavy atom. The molecule has 1 N–H and O–H groups in total. The summed E-state index contributed by atoms with van der Waals surface area (Å²) in [4.78, 5) is 10.4. The van der Waals surface area contributed by atoms with E-state index in [1.807, 2.05) is 36.4 Å². The third-order valence-electron chi connectivity index (χ3n) is 3.97. The van der Waals surface area contributed by atoms with Gasteiger partial charge in [0.1, 0.15) is 0 Å². The lowest BCUT2D eigenvalue weighted by atomic mass is 10.2. The molecule has 0 saturated carbocycles. The number of hydrogen-bond donors (Lipinski definition) is 1. The van der Waals surface area contributed by atoms with E-state index in [1.165, 1.54) is 6.20 Å². The van der Waals surface area contributed by atoms with Crippen molar-refractivity contribution in [2.75, 3.05) is 0 Å². The Morgan fingerprint density at radius 2 is 1.48 bits per heavy atom. The predicted octanol–water partition coefficient (Wildman–Crippen LogP) is 4.92. The fourth-order valence-electron chi connectivity index (χ4n) is 2.47. The summed E-state index contributed by atoms with van der Waals surface area (Å²) in [7, 11) is 0. The molecule has 1 unspecified atom stereocenters. The summed E-state index contributed by atoms with van der Waals surface area (Å²) in [6.45, 7) is 1.71. The first-order valence-corrected chi connectivity index (χ1v) is 9.46. The van der Waals surface area contributed by atoms with Crippen LogP contribution in [0.1, 0.15) is 28.9 Å². The minimum absolute atomic E-state index is 0.502. The lowest BCUT2D eigenvalue weighted by Crippen LogP contribution is -1.93. The minimum Gasteiger partial charge on any atom is -0.389 e. The first kappa shape index (κ1) is 20.8. The fraction of sp³-hybridized carbons (Fsp3) is 0.0952. The highest BCUT2D eigenvalue weighted by molar-refractivity contribution is 6.31. The summed E-state index contributed by atoms with van der Waals surface area (Å²) in [5.74, 6) is 0. The van der Waals surface area contributed by atoms with Crippen molar-refractivity contribution in [2.45, 2.75) is 13.0 Å². The molecule has 0 amide bonds. The molecule has 0 spiro atoms. The molecular formula is C21H18Cl2N4O2. The molecule has 0 aliphatic rings. The second kappa shape index (κ2) is 9.52. The van der Waals surface area contributed by atoms with Crippen LogP contribution in [0.4, 0.5) is 0 Å². The van der Waals surface area contributed by atoms with E-state index in [4.69, 9.17) is 23.2 Å². The van der Waals surface area contributed by atoms with Crippen LogP contribution in [0, 0.1) is 0 Å². The van der Waals surface area contributed by atoms with Crippen LogP contribution in [0.25, 0.3) is 11.4 Å². The first-order chi connectivity index (χ1) is 14.0. The maximum absolute atomic E-state index is 10.4. The monoisotopic (exact) mass is 428 g/mol. The molecule has 2 heterocycles. The number of aromatic nitrogens is 4. The lowest BCUT2D eigenvalue weighted by Gasteiger charge is -2.01. The van der Waals surface area contributed by atoms with Gasteiger partial charge < -0.3 is 5.11 Å². The number of aliphatic hydroxyl groups is 1. The van der Waals surface area contributed by atoms with Crippen molar-refractivity contribution in [3.8, 4) is 11.4 Å². The molecule has 1 atom stereocenters. The molecule has 2 aromatic heterocycles. The van der Waals surface area contributed by atoms with Crippen molar-refractivity contribution in [3.63, 3.8) is 0 Å². The predicted molar refractivity (Wildman–Crippen MR) is 113 cm³/mol. The molecule has 8 heteroatoms. The Morgan fingerprint density at radius 1 is 0.931 bits per heavy atom. The number of rotatable bonds is 4. The summed E-state index contributed by atoms with van der Waals surface area (Å²) >= 11 is 11.7. The van der Waals surface area contributed by atoms with Crippen LogP contribution in [0.15, 0.2) is 73.3 Å². The van der Waals surface area contributed by atoms with Crippen molar-refractivity contribution < 1.29 is 9.90 Å². The molecular weight excluding hydrogens is 411 g/mol. The number of aldehydes is 1. The lowest BCUT2D eigenvalue weighted by molar-refractivity contribution is 0.112. The van der Waals surface area contributed by atoms with Gasteiger partial charge in [0.15, 0.2) is 6.29 Å². The van der Waals surface area contributed by atoms with Crippen LogP contribution in [-0.4, -0.2) is 31.0 Å². The SMILES string of the molecule is CC(O)c1cnn(-c2cccc(Cl)c2)c1.O=Cc1cnn(-c2cccc(Cl)c2)c1. The van der Waals surface area contributed by atoms with Gasteiger partial charge in [-0.15, -0.1) is 0 Å². The molecule has 29 heavy (non-hydrogen) atoms.